The highest BCUT2D eigenvalue weighted by molar-refractivity contribution is 5.79. The summed E-state index contributed by atoms with van der Waals surface area (Å²) >= 11 is 0. The zero-order valence-electron chi connectivity index (χ0n) is 14.7. The molecular weight excluding hydrogens is 338 g/mol. The molecular formula is C19H21NO6. The average molecular weight is 359 g/mol. The van der Waals surface area contributed by atoms with E-state index in [0.717, 1.165) is 11.1 Å². The summed E-state index contributed by atoms with van der Waals surface area (Å²) in [6.07, 6.45) is 0.148. The number of carboxylic acid groups (broad SMARTS) is 1. The number of methoxy groups -OCH3 is 2. The van der Waals surface area contributed by atoms with Crippen molar-refractivity contribution in [3.8, 4) is 17.2 Å². The molecule has 0 aliphatic carbocycles. The number of aliphatic carboxylic acids is 1. The minimum Gasteiger partial charge on any atom is -0.497 e. The van der Waals surface area contributed by atoms with Crippen molar-refractivity contribution in [2.45, 2.75) is 13.0 Å². The number of rotatable bonds is 9. The van der Waals surface area contributed by atoms with Gasteiger partial charge in [-0.2, -0.15) is 0 Å². The van der Waals surface area contributed by atoms with Crippen LogP contribution in [0.25, 0.3) is 0 Å². The third-order valence-corrected chi connectivity index (χ3v) is 3.59. The van der Waals surface area contributed by atoms with Crippen LogP contribution in [0.15, 0.2) is 42.5 Å². The predicted octanol–water partition coefficient (Wildman–Crippen LogP) is 2.03. The minimum atomic E-state index is -1.05. The van der Waals surface area contributed by atoms with E-state index in [2.05, 4.69) is 5.32 Å². The van der Waals surface area contributed by atoms with Gasteiger partial charge >= 0.3 is 5.97 Å². The van der Waals surface area contributed by atoms with Gasteiger partial charge in [-0.05, 0) is 35.9 Å². The summed E-state index contributed by atoms with van der Waals surface area (Å²) in [5, 5.41) is 11.5. The normalized spacial score (nSPS) is 10.1. The molecule has 26 heavy (non-hydrogen) atoms. The second-order valence-corrected chi connectivity index (χ2v) is 5.46. The maximum Gasteiger partial charge on any atom is 0.341 e. The topological polar surface area (TPSA) is 94.1 Å². The van der Waals surface area contributed by atoms with E-state index >= 15 is 0 Å². The fraction of sp³-hybridized carbons (Fsp3) is 0.263. The molecule has 0 atom stereocenters. The number of carboxylic acids is 1. The number of benzene rings is 2. The summed E-state index contributed by atoms with van der Waals surface area (Å²) in [6.45, 7) is -0.110. The molecule has 2 N–H and O–H groups in total. The summed E-state index contributed by atoms with van der Waals surface area (Å²) in [7, 11) is 3.11. The molecule has 0 aliphatic rings. The van der Waals surface area contributed by atoms with Gasteiger partial charge in [-0.15, -0.1) is 0 Å². The van der Waals surface area contributed by atoms with E-state index in [-0.39, 0.29) is 12.3 Å². The Morgan fingerprint density at radius 1 is 1.04 bits per heavy atom. The second-order valence-electron chi connectivity index (χ2n) is 5.46. The first-order valence-corrected chi connectivity index (χ1v) is 7.93. The lowest BCUT2D eigenvalue weighted by Crippen LogP contribution is -2.24. The number of carbonyl (C=O) groups is 2. The van der Waals surface area contributed by atoms with E-state index in [0.29, 0.717) is 23.8 Å². The summed E-state index contributed by atoms with van der Waals surface area (Å²) < 4.78 is 15.6. The van der Waals surface area contributed by atoms with Crippen molar-refractivity contribution in [2.75, 3.05) is 20.8 Å². The Labute approximate surface area is 151 Å². The monoisotopic (exact) mass is 359 g/mol. The van der Waals surface area contributed by atoms with Crippen molar-refractivity contribution < 1.29 is 28.9 Å². The SMILES string of the molecule is COc1ccc(OC)c(CC(=O)NCc2cccc(OCC(=O)O)c2)c1. The highest BCUT2D eigenvalue weighted by Crippen LogP contribution is 2.24. The van der Waals surface area contributed by atoms with Crippen LogP contribution in [0.4, 0.5) is 0 Å². The molecule has 0 aliphatic heterocycles. The Balaban J connectivity index is 1.95. The first-order valence-electron chi connectivity index (χ1n) is 7.93. The van der Waals surface area contributed by atoms with Crippen LogP contribution in [-0.2, 0) is 22.6 Å². The molecule has 2 rings (SSSR count). The Hall–Kier alpha value is -3.22. The van der Waals surface area contributed by atoms with Gasteiger partial charge in [0.25, 0.3) is 0 Å². The Morgan fingerprint density at radius 2 is 1.85 bits per heavy atom. The molecule has 0 aromatic heterocycles. The van der Waals surface area contributed by atoms with Crippen LogP contribution in [0.3, 0.4) is 0 Å². The van der Waals surface area contributed by atoms with Crippen LogP contribution in [0.5, 0.6) is 17.2 Å². The van der Waals surface area contributed by atoms with Gasteiger partial charge in [0.2, 0.25) is 5.91 Å². The number of hydrogen-bond acceptors (Lipinski definition) is 5. The van der Waals surface area contributed by atoms with Gasteiger partial charge in [-0.1, -0.05) is 12.1 Å². The molecule has 0 bridgehead atoms. The molecule has 0 saturated carbocycles. The molecule has 0 radical (unpaired) electrons. The van der Waals surface area contributed by atoms with Crippen molar-refractivity contribution in [1.29, 1.82) is 0 Å². The summed E-state index contributed by atoms with van der Waals surface area (Å²) in [5.41, 5.74) is 1.53. The molecule has 0 unspecified atom stereocenters. The van der Waals surface area contributed by atoms with Crippen LogP contribution in [0, 0.1) is 0 Å². The van der Waals surface area contributed by atoms with E-state index in [4.69, 9.17) is 19.3 Å². The van der Waals surface area contributed by atoms with Gasteiger partial charge in [0.1, 0.15) is 17.2 Å². The minimum absolute atomic E-state index is 0.148. The number of hydrogen-bond donors (Lipinski definition) is 2. The average Bonchev–Trinajstić information content (AvgIpc) is 2.65. The zero-order chi connectivity index (χ0) is 18.9. The fourth-order valence-corrected chi connectivity index (χ4v) is 2.35. The van der Waals surface area contributed by atoms with Crippen molar-refractivity contribution in [1.82, 2.24) is 5.32 Å². The molecule has 0 spiro atoms. The number of ether oxygens (including phenoxy) is 3. The Bertz CT molecular complexity index is 774. The molecule has 7 heteroatoms. The van der Waals surface area contributed by atoms with E-state index in [1.807, 2.05) is 6.07 Å². The van der Waals surface area contributed by atoms with Crippen molar-refractivity contribution >= 4 is 11.9 Å². The lowest BCUT2D eigenvalue weighted by atomic mass is 10.1. The molecule has 2 aromatic rings. The van der Waals surface area contributed by atoms with Crippen LogP contribution in [0.1, 0.15) is 11.1 Å². The number of carbonyl (C=O) groups excluding carboxylic acids is 1. The van der Waals surface area contributed by atoms with Crippen molar-refractivity contribution in [3.63, 3.8) is 0 Å². The number of nitrogens with one attached hydrogen (secondary N) is 1. The molecule has 1 amide bonds. The summed E-state index contributed by atoms with van der Waals surface area (Å²) in [4.78, 5) is 22.8. The molecule has 2 aromatic carbocycles. The van der Waals surface area contributed by atoms with Gasteiger partial charge < -0.3 is 24.6 Å². The third kappa shape index (κ3) is 5.70. The van der Waals surface area contributed by atoms with Gasteiger partial charge in [0.05, 0.1) is 20.6 Å². The largest absolute Gasteiger partial charge is 0.497 e. The third-order valence-electron chi connectivity index (χ3n) is 3.59. The van der Waals surface area contributed by atoms with E-state index in [1.165, 1.54) is 0 Å². The van der Waals surface area contributed by atoms with Gasteiger partial charge in [0, 0.05) is 12.1 Å². The van der Waals surface area contributed by atoms with Gasteiger partial charge in [0.15, 0.2) is 6.61 Å². The molecule has 0 fully saturated rings. The Morgan fingerprint density at radius 3 is 2.54 bits per heavy atom. The van der Waals surface area contributed by atoms with Crippen LogP contribution >= 0.6 is 0 Å². The quantitative estimate of drug-likeness (QED) is 0.711. The molecule has 138 valence electrons. The van der Waals surface area contributed by atoms with Gasteiger partial charge in [-0.3, -0.25) is 4.79 Å². The Kier molecular flexibility index (Phi) is 6.84. The fourth-order valence-electron chi connectivity index (χ4n) is 2.35. The molecule has 7 nitrogen and oxygen atoms in total. The maximum atomic E-state index is 12.2. The number of amides is 1. The maximum absolute atomic E-state index is 12.2. The highest BCUT2D eigenvalue weighted by Gasteiger charge is 2.10. The second kappa shape index (κ2) is 9.31. The van der Waals surface area contributed by atoms with E-state index < -0.39 is 12.6 Å². The first-order chi connectivity index (χ1) is 12.5. The lowest BCUT2D eigenvalue weighted by molar-refractivity contribution is -0.139. The smallest absolute Gasteiger partial charge is 0.341 e. The zero-order valence-corrected chi connectivity index (χ0v) is 14.7. The van der Waals surface area contributed by atoms with Crippen LogP contribution < -0.4 is 19.5 Å². The molecule has 0 saturated heterocycles. The van der Waals surface area contributed by atoms with Crippen molar-refractivity contribution in [2.24, 2.45) is 0 Å². The van der Waals surface area contributed by atoms with E-state index in [1.54, 1.807) is 50.6 Å². The van der Waals surface area contributed by atoms with Crippen LogP contribution in [0.2, 0.25) is 0 Å². The predicted molar refractivity (Wildman–Crippen MR) is 94.7 cm³/mol. The summed E-state index contributed by atoms with van der Waals surface area (Å²) in [5.74, 6) is 0.486. The highest BCUT2D eigenvalue weighted by atomic mass is 16.5. The standard InChI is InChI=1S/C19H21NO6/c1-24-15-6-7-17(25-2)14(9-15)10-18(21)20-11-13-4-3-5-16(8-13)26-12-19(22)23/h3-9H,10-12H2,1-2H3,(H,20,21)(H,22,23). The molecule has 0 heterocycles. The first kappa shape index (κ1) is 19.1. The van der Waals surface area contributed by atoms with E-state index in [9.17, 15) is 9.59 Å². The van der Waals surface area contributed by atoms with Crippen LogP contribution in [-0.4, -0.2) is 37.8 Å². The van der Waals surface area contributed by atoms with Gasteiger partial charge in [-0.25, -0.2) is 4.79 Å². The van der Waals surface area contributed by atoms with Crippen molar-refractivity contribution in [3.05, 3.63) is 53.6 Å². The lowest BCUT2D eigenvalue weighted by Gasteiger charge is -2.11. The summed E-state index contributed by atoms with van der Waals surface area (Å²) in [6, 6.07) is 12.2.